The summed E-state index contributed by atoms with van der Waals surface area (Å²) in [7, 11) is 2.36. The molecule has 3 nitrogen and oxygen atoms in total. The quantitative estimate of drug-likeness (QED) is 0.523. The number of hydrogen-bond donors (Lipinski definition) is 0. The summed E-state index contributed by atoms with van der Waals surface area (Å²) < 4.78 is 14.3. The highest BCUT2D eigenvalue weighted by Gasteiger charge is 2.51. The van der Waals surface area contributed by atoms with E-state index >= 15 is 0 Å². The minimum atomic E-state index is -0.366. The molecule has 1 aromatic rings. The topological polar surface area (TPSA) is 18.5 Å². The molecule has 0 aliphatic carbocycles. The number of piperidine rings is 1. The summed E-state index contributed by atoms with van der Waals surface area (Å²) in [4.78, 5) is 0. The van der Waals surface area contributed by atoms with E-state index in [4.69, 9.17) is 9.47 Å². The Morgan fingerprint density at radius 2 is 1.89 bits per heavy atom. The van der Waals surface area contributed by atoms with E-state index in [1.807, 2.05) is 0 Å². The summed E-state index contributed by atoms with van der Waals surface area (Å²) in [6, 6.07) is 8.40. The first-order chi connectivity index (χ1) is 13.4. The minimum absolute atomic E-state index is 0.0720. The van der Waals surface area contributed by atoms with Gasteiger partial charge in [-0.2, -0.15) is 0 Å². The van der Waals surface area contributed by atoms with Crippen LogP contribution >= 0.6 is 0 Å². The number of rotatable bonds is 2. The maximum Gasteiger partial charge on any atom is 0.140 e. The van der Waals surface area contributed by atoms with Crippen molar-refractivity contribution in [2.24, 2.45) is 5.92 Å². The molecule has 28 heavy (non-hydrogen) atoms. The smallest absolute Gasteiger partial charge is 0.140 e. The Morgan fingerprint density at radius 3 is 2.64 bits per heavy atom. The van der Waals surface area contributed by atoms with Crippen LogP contribution in [0.1, 0.15) is 71.0 Å². The first-order valence-corrected chi connectivity index (χ1v) is 11.2. The predicted molar refractivity (Wildman–Crippen MR) is 113 cm³/mol. The van der Waals surface area contributed by atoms with Gasteiger partial charge < -0.3 is 14.0 Å². The van der Waals surface area contributed by atoms with Gasteiger partial charge in [0.05, 0.1) is 26.2 Å². The van der Waals surface area contributed by atoms with Gasteiger partial charge in [-0.1, -0.05) is 31.0 Å². The van der Waals surface area contributed by atoms with E-state index in [-0.39, 0.29) is 17.3 Å². The normalized spacial score (nSPS) is 36.3. The summed E-state index contributed by atoms with van der Waals surface area (Å²) in [6.45, 7) is 10.1. The fraction of sp³-hybridized carbons (Fsp3) is 0.680. The number of likely N-dealkylation sites (tertiary alicyclic amines) is 1. The van der Waals surface area contributed by atoms with E-state index in [0.29, 0.717) is 5.92 Å². The van der Waals surface area contributed by atoms with Crippen molar-refractivity contribution in [3.63, 3.8) is 0 Å². The lowest BCUT2D eigenvalue weighted by Gasteiger charge is -2.51. The third-order valence-electron chi connectivity index (χ3n) is 7.45. The second-order valence-electron chi connectivity index (χ2n) is 9.81. The van der Waals surface area contributed by atoms with Gasteiger partial charge in [0.25, 0.3) is 0 Å². The van der Waals surface area contributed by atoms with E-state index in [1.54, 1.807) is 0 Å². The molecule has 0 saturated carbocycles. The van der Waals surface area contributed by atoms with Crippen LogP contribution in [0.2, 0.25) is 0 Å². The number of nitrogens with zero attached hydrogens (tertiary/aromatic N) is 1. The molecular weight excluding hydrogens is 346 g/mol. The molecule has 2 fully saturated rings. The van der Waals surface area contributed by atoms with Gasteiger partial charge in [-0.3, -0.25) is 0 Å². The third kappa shape index (κ3) is 3.70. The summed E-state index contributed by atoms with van der Waals surface area (Å²) in [5.41, 5.74) is 0.663. The van der Waals surface area contributed by atoms with Crippen molar-refractivity contribution < 1.29 is 14.0 Å². The van der Waals surface area contributed by atoms with E-state index in [0.717, 1.165) is 36.0 Å². The molecule has 3 heterocycles. The molecule has 2 saturated heterocycles. The molecular formula is C25H36NO2+. The largest absolute Gasteiger partial charge is 0.487 e. The second kappa shape index (κ2) is 7.39. The molecule has 0 radical (unpaired) electrons. The van der Waals surface area contributed by atoms with E-state index in [1.165, 1.54) is 37.9 Å². The van der Waals surface area contributed by atoms with Crippen LogP contribution in [-0.4, -0.2) is 42.4 Å². The van der Waals surface area contributed by atoms with Gasteiger partial charge in [0.1, 0.15) is 23.5 Å². The minimum Gasteiger partial charge on any atom is -0.487 e. The number of benzene rings is 1. The van der Waals surface area contributed by atoms with Gasteiger partial charge in [-0.25, -0.2) is 0 Å². The van der Waals surface area contributed by atoms with Crippen molar-refractivity contribution in [1.29, 1.82) is 0 Å². The molecule has 3 heteroatoms. The van der Waals surface area contributed by atoms with Crippen LogP contribution in [0.5, 0.6) is 5.75 Å². The highest BCUT2D eigenvalue weighted by Crippen LogP contribution is 2.53. The molecule has 4 atom stereocenters. The van der Waals surface area contributed by atoms with Gasteiger partial charge in [-0.05, 0) is 64.4 Å². The van der Waals surface area contributed by atoms with Crippen molar-refractivity contribution >= 4 is 0 Å². The third-order valence-corrected chi connectivity index (χ3v) is 7.45. The number of quaternary nitrogens is 1. The Bertz CT molecular complexity index is 772. The van der Waals surface area contributed by atoms with Gasteiger partial charge >= 0.3 is 0 Å². The maximum absolute atomic E-state index is 6.76. The number of para-hydroxylation sites is 1. The van der Waals surface area contributed by atoms with Crippen LogP contribution in [0, 0.1) is 17.8 Å². The van der Waals surface area contributed by atoms with Crippen LogP contribution in [0.25, 0.3) is 0 Å². The Hall–Kier alpha value is -1.50. The lowest BCUT2D eigenvalue weighted by atomic mass is 9.71. The molecule has 3 aliphatic rings. The van der Waals surface area contributed by atoms with Crippen molar-refractivity contribution in [3.05, 3.63) is 29.8 Å². The highest BCUT2D eigenvalue weighted by molar-refractivity contribution is 5.39. The highest BCUT2D eigenvalue weighted by atomic mass is 16.5. The van der Waals surface area contributed by atoms with E-state index in [2.05, 4.69) is 63.9 Å². The predicted octanol–water partition coefficient (Wildman–Crippen LogP) is 5.11. The summed E-state index contributed by atoms with van der Waals surface area (Å²) in [5.74, 6) is 8.44. The summed E-state index contributed by atoms with van der Waals surface area (Å²) in [5, 5.41) is 0. The fourth-order valence-electron chi connectivity index (χ4n) is 5.32. The van der Waals surface area contributed by atoms with Crippen molar-refractivity contribution in [3.8, 4) is 17.6 Å². The Balaban J connectivity index is 1.55. The van der Waals surface area contributed by atoms with Gasteiger partial charge in [0.15, 0.2) is 0 Å². The number of hydrogen-bond acceptors (Lipinski definition) is 2. The van der Waals surface area contributed by atoms with Gasteiger partial charge in [-0.15, -0.1) is 0 Å². The van der Waals surface area contributed by atoms with Crippen molar-refractivity contribution in [1.82, 2.24) is 0 Å². The van der Waals surface area contributed by atoms with E-state index in [9.17, 15) is 0 Å². The first kappa shape index (κ1) is 19.8. The molecule has 1 aromatic carbocycles. The van der Waals surface area contributed by atoms with Crippen molar-refractivity contribution in [2.75, 3.05) is 26.7 Å². The fourth-order valence-corrected chi connectivity index (χ4v) is 5.32. The van der Waals surface area contributed by atoms with Gasteiger partial charge in [0, 0.05) is 11.5 Å². The number of ether oxygens (including phenoxy) is 2. The molecule has 0 spiro atoms. The zero-order valence-corrected chi connectivity index (χ0v) is 18.1. The molecule has 0 amide bonds. The van der Waals surface area contributed by atoms with Crippen molar-refractivity contribution in [2.45, 2.75) is 76.6 Å². The zero-order valence-electron chi connectivity index (χ0n) is 18.1. The molecule has 0 unspecified atom stereocenters. The van der Waals surface area contributed by atoms with Crippen LogP contribution in [0.3, 0.4) is 0 Å². The standard InChI is InChI=1S/C25H36NO2/c1-5-25(3)21-14-16-24(2,15-11-19-26(4)17-9-6-10-18-26)28-23(21)20-12-7-8-13-22(20)27-25/h7-8,12-13,21,23H,5-6,9-10,14,16-19H2,1-4H3/q+1/t21-,23-,24+,25+/m1/s1. The molecule has 0 aromatic heterocycles. The molecule has 4 rings (SSSR count). The van der Waals surface area contributed by atoms with E-state index < -0.39 is 0 Å². The lowest BCUT2D eigenvalue weighted by Crippen LogP contribution is -2.52. The van der Waals surface area contributed by atoms with Crippen LogP contribution < -0.4 is 4.74 Å². The average Bonchev–Trinajstić information content (AvgIpc) is 2.68. The molecule has 152 valence electrons. The molecule has 0 bridgehead atoms. The average molecular weight is 383 g/mol. The zero-order chi connectivity index (χ0) is 19.8. The summed E-state index contributed by atoms with van der Waals surface area (Å²) in [6.07, 6.45) is 7.19. The monoisotopic (exact) mass is 382 g/mol. The Labute approximate surface area is 171 Å². The van der Waals surface area contributed by atoms with Crippen LogP contribution in [0.4, 0.5) is 0 Å². The summed E-state index contributed by atoms with van der Waals surface area (Å²) >= 11 is 0. The van der Waals surface area contributed by atoms with Crippen LogP contribution in [-0.2, 0) is 4.74 Å². The Kier molecular flexibility index (Phi) is 5.23. The second-order valence-corrected chi connectivity index (χ2v) is 9.81. The molecule has 3 aliphatic heterocycles. The molecule has 0 N–H and O–H groups in total. The first-order valence-electron chi connectivity index (χ1n) is 11.2. The number of fused-ring (bicyclic) bond motifs is 3. The van der Waals surface area contributed by atoms with Crippen LogP contribution in [0.15, 0.2) is 24.3 Å². The maximum atomic E-state index is 6.76. The van der Waals surface area contributed by atoms with Gasteiger partial charge in [0.2, 0.25) is 0 Å². The Morgan fingerprint density at radius 1 is 1.14 bits per heavy atom. The lowest BCUT2D eigenvalue weighted by molar-refractivity contribution is -0.907. The SMILES string of the molecule is CC[C@]1(C)Oc2ccccc2[C@H]2O[C@@](C)(C#CC[N+]3(C)CCCCC3)CC[C@H]21.